The van der Waals surface area contributed by atoms with Crippen LogP contribution in [0.3, 0.4) is 0 Å². The highest BCUT2D eigenvalue weighted by Gasteiger charge is 2.33. The molecular weight excluding hydrogens is 418 g/mol. The molecule has 8 heteroatoms. The van der Waals surface area contributed by atoms with Gasteiger partial charge in [-0.05, 0) is 62.3 Å². The van der Waals surface area contributed by atoms with Gasteiger partial charge in [0, 0.05) is 24.5 Å². The quantitative estimate of drug-likeness (QED) is 0.586. The first-order valence-corrected chi connectivity index (χ1v) is 11.5. The summed E-state index contributed by atoms with van der Waals surface area (Å²) < 4.78 is 6.78. The second kappa shape index (κ2) is 9.60. The third-order valence-corrected chi connectivity index (χ3v) is 6.63. The Labute approximate surface area is 193 Å². The standard InChI is InChI=1S/C25H31N5O3/c1-15-5-7-19(8-6-15)23(28-24(31)21-13-14-26-30(21)4)25(32)27-20-11-9-18(10-12-20)22-16(2)29-33-17(22)3/h9-15,19,23H,5-8H2,1-4H3,(H,27,32)(H,28,31). The van der Waals surface area contributed by atoms with Crippen LogP contribution in [0.1, 0.15) is 54.5 Å². The Hall–Kier alpha value is -3.42. The lowest BCUT2D eigenvalue weighted by Gasteiger charge is -2.32. The maximum absolute atomic E-state index is 13.3. The number of hydrogen-bond acceptors (Lipinski definition) is 5. The third-order valence-electron chi connectivity index (χ3n) is 6.63. The minimum absolute atomic E-state index is 0.0972. The Kier molecular flexibility index (Phi) is 6.62. The fourth-order valence-corrected chi connectivity index (χ4v) is 4.66. The summed E-state index contributed by atoms with van der Waals surface area (Å²) in [6.45, 7) is 6.02. The van der Waals surface area contributed by atoms with Gasteiger partial charge in [0.05, 0.1) is 5.69 Å². The molecule has 1 fully saturated rings. The molecule has 1 aliphatic carbocycles. The van der Waals surface area contributed by atoms with E-state index in [-0.39, 0.29) is 17.7 Å². The van der Waals surface area contributed by atoms with Gasteiger partial charge in [-0.2, -0.15) is 5.10 Å². The van der Waals surface area contributed by atoms with Crippen molar-refractivity contribution in [1.82, 2.24) is 20.3 Å². The summed E-state index contributed by atoms with van der Waals surface area (Å²) >= 11 is 0. The monoisotopic (exact) mass is 449 g/mol. The van der Waals surface area contributed by atoms with Crippen LogP contribution in [0.2, 0.25) is 0 Å². The number of hydrogen-bond donors (Lipinski definition) is 2. The highest BCUT2D eigenvalue weighted by Crippen LogP contribution is 2.32. The lowest BCUT2D eigenvalue weighted by atomic mass is 9.79. The van der Waals surface area contributed by atoms with Crippen LogP contribution in [0.5, 0.6) is 0 Å². The molecule has 0 aliphatic heterocycles. The Balaban J connectivity index is 1.51. The molecule has 33 heavy (non-hydrogen) atoms. The van der Waals surface area contributed by atoms with Crippen molar-refractivity contribution >= 4 is 17.5 Å². The lowest BCUT2D eigenvalue weighted by Crippen LogP contribution is -2.49. The number of anilines is 1. The number of aromatic nitrogens is 3. The Morgan fingerprint density at radius 3 is 2.36 bits per heavy atom. The minimum atomic E-state index is -0.609. The van der Waals surface area contributed by atoms with Gasteiger partial charge in [0.15, 0.2) is 0 Å². The molecule has 1 aliphatic rings. The highest BCUT2D eigenvalue weighted by atomic mass is 16.5. The lowest BCUT2D eigenvalue weighted by molar-refractivity contribution is -0.119. The van der Waals surface area contributed by atoms with Gasteiger partial charge in [-0.25, -0.2) is 0 Å². The summed E-state index contributed by atoms with van der Waals surface area (Å²) in [7, 11) is 1.72. The fraction of sp³-hybridized carbons (Fsp3) is 0.440. The zero-order valence-electron chi connectivity index (χ0n) is 19.6. The van der Waals surface area contributed by atoms with Gasteiger partial charge >= 0.3 is 0 Å². The molecule has 1 unspecified atom stereocenters. The maximum atomic E-state index is 13.3. The predicted octanol–water partition coefficient (Wildman–Crippen LogP) is 4.26. The summed E-state index contributed by atoms with van der Waals surface area (Å²) in [6.07, 6.45) is 5.52. The normalized spacial score (nSPS) is 19.2. The summed E-state index contributed by atoms with van der Waals surface area (Å²) in [5, 5.41) is 14.1. The summed E-state index contributed by atoms with van der Waals surface area (Å²) in [6, 6.07) is 8.65. The Morgan fingerprint density at radius 1 is 1.09 bits per heavy atom. The molecule has 1 atom stereocenters. The van der Waals surface area contributed by atoms with Gasteiger partial charge < -0.3 is 15.2 Å². The maximum Gasteiger partial charge on any atom is 0.270 e. The van der Waals surface area contributed by atoms with Crippen molar-refractivity contribution in [3.63, 3.8) is 0 Å². The minimum Gasteiger partial charge on any atom is -0.361 e. The van der Waals surface area contributed by atoms with Crippen molar-refractivity contribution in [2.75, 3.05) is 5.32 Å². The number of aryl methyl sites for hydroxylation is 3. The molecule has 1 aromatic carbocycles. The van der Waals surface area contributed by atoms with Crippen molar-refractivity contribution in [2.24, 2.45) is 18.9 Å². The van der Waals surface area contributed by atoms with E-state index in [9.17, 15) is 9.59 Å². The van der Waals surface area contributed by atoms with Gasteiger partial charge in [-0.1, -0.05) is 37.1 Å². The zero-order valence-corrected chi connectivity index (χ0v) is 19.6. The van der Waals surface area contributed by atoms with Crippen molar-refractivity contribution in [2.45, 2.75) is 52.5 Å². The van der Waals surface area contributed by atoms with E-state index in [4.69, 9.17) is 4.52 Å². The number of nitrogens with one attached hydrogen (secondary N) is 2. The topological polar surface area (TPSA) is 102 Å². The summed E-state index contributed by atoms with van der Waals surface area (Å²) in [5.74, 6) is 1.01. The van der Waals surface area contributed by atoms with Crippen LogP contribution in [0, 0.1) is 25.7 Å². The Morgan fingerprint density at radius 2 is 1.79 bits per heavy atom. The largest absolute Gasteiger partial charge is 0.361 e. The molecule has 0 saturated heterocycles. The van der Waals surface area contributed by atoms with E-state index in [0.717, 1.165) is 48.3 Å². The highest BCUT2D eigenvalue weighted by molar-refractivity contribution is 6.00. The van der Waals surface area contributed by atoms with Gasteiger partial charge in [-0.3, -0.25) is 14.3 Å². The third kappa shape index (κ3) is 4.99. The predicted molar refractivity (Wildman–Crippen MR) is 126 cm³/mol. The molecular formula is C25H31N5O3. The fourth-order valence-electron chi connectivity index (χ4n) is 4.66. The molecule has 8 nitrogen and oxygen atoms in total. The van der Waals surface area contributed by atoms with Gasteiger partial charge in [0.2, 0.25) is 5.91 Å². The van der Waals surface area contributed by atoms with Crippen molar-refractivity contribution < 1.29 is 14.1 Å². The van der Waals surface area contributed by atoms with Crippen LogP contribution < -0.4 is 10.6 Å². The first-order valence-electron chi connectivity index (χ1n) is 11.5. The smallest absolute Gasteiger partial charge is 0.270 e. The summed E-state index contributed by atoms with van der Waals surface area (Å²) in [4.78, 5) is 26.2. The van der Waals surface area contributed by atoms with E-state index in [1.54, 1.807) is 19.3 Å². The Bertz CT molecular complexity index is 1100. The van der Waals surface area contributed by atoms with Crippen LogP contribution in [0.4, 0.5) is 5.69 Å². The SMILES string of the molecule is Cc1noc(C)c1-c1ccc(NC(=O)C(NC(=O)c2ccnn2C)C2CCC(C)CC2)cc1. The first-order chi connectivity index (χ1) is 15.8. The van der Waals surface area contributed by atoms with Gasteiger partial charge in [0.25, 0.3) is 5.91 Å². The average molecular weight is 450 g/mol. The van der Waals surface area contributed by atoms with E-state index in [1.165, 1.54) is 4.68 Å². The molecule has 2 heterocycles. The summed E-state index contributed by atoms with van der Waals surface area (Å²) in [5.41, 5.74) is 3.88. The van der Waals surface area contributed by atoms with Crippen molar-refractivity contribution in [1.29, 1.82) is 0 Å². The van der Waals surface area contributed by atoms with E-state index in [0.29, 0.717) is 17.3 Å². The number of carbonyl (C=O) groups excluding carboxylic acids is 2. The molecule has 1 saturated carbocycles. The van der Waals surface area contributed by atoms with Crippen LogP contribution in [0.15, 0.2) is 41.1 Å². The van der Waals surface area contributed by atoms with E-state index in [2.05, 4.69) is 27.8 Å². The number of benzene rings is 1. The zero-order chi connectivity index (χ0) is 23.5. The molecule has 4 rings (SSSR count). The van der Waals surface area contributed by atoms with Crippen molar-refractivity contribution in [3.05, 3.63) is 53.7 Å². The van der Waals surface area contributed by atoms with E-state index in [1.807, 2.05) is 38.1 Å². The molecule has 2 aromatic heterocycles. The molecule has 0 bridgehead atoms. The molecule has 174 valence electrons. The van der Waals surface area contributed by atoms with Crippen LogP contribution in [-0.4, -0.2) is 32.8 Å². The second-order valence-corrected chi connectivity index (χ2v) is 9.08. The average Bonchev–Trinajstić information content (AvgIpc) is 3.38. The molecule has 0 radical (unpaired) electrons. The number of nitrogens with zero attached hydrogens (tertiary/aromatic N) is 3. The molecule has 3 aromatic rings. The van der Waals surface area contributed by atoms with Crippen molar-refractivity contribution in [3.8, 4) is 11.1 Å². The molecule has 2 amide bonds. The van der Waals surface area contributed by atoms with Crippen LogP contribution >= 0.6 is 0 Å². The second-order valence-electron chi connectivity index (χ2n) is 9.08. The van der Waals surface area contributed by atoms with E-state index < -0.39 is 6.04 Å². The van der Waals surface area contributed by atoms with Crippen LogP contribution in [-0.2, 0) is 11.8 Å². The number of rotatable bonds is 6. The van der Waals surface area contributed by atoms with Gasteiger partial charge in [-0.15, -0.1) is 0 Å². The number of carbonyl (C=O) groups is 2. The van der Waals surface area contributed by atoms with Gasteiger partial charge in [0.1, 0.15) is 17.5 Å². The first kappa shape index (κ1) is 22.8. The van der Waals surface area contributed by atoms with Crippen LogP contribution in [0.25, 0.3) is 11.1 Å². The van der Waals surface area contributed by atoms with E-state index >= 15 is 0 Å². The molecule has 2 N–H and O–H groups in total. The molecule has 0 spiro atoms. The number of amides is 2.